The lowest BCUT2D eigenvalue weighted by Crippen LogP contribution is -2.22. The van der Waals surface area contributed by atoms with Crippen molar-refractivity contribution in [1.29, 1.82) is 0 Å². The van der Waals surface area contributed by atoms with Gasteiger partial charge >= 0.3 is 0 Å². The van der Waals surface area contributed by atoms with Gasteiger partial charge in [-0.3, -0.25) is 4.79 Å². The number of carbonyl (C=O) groups excluding carboxylic acids is 1. The Labute approximate surface area is 148 Å². The van der Waals surface area contributed by atoms with Crippen molar-refractivity contribution in [2.45, 2.75) is 31.2 Å². The van der Waals surface area contributed by atoms with E-state index >= 15 is 0 Å². The third-order valence-electron chi connectivity index (χ3n) is 3.40. The quantitative estimate of drug-likeness (QED) is 0.530. The first kappa shape index (κ1) is 19.0. The molecule has 134 valence electrons. The number of amides is 1. The number of nitrogens with one attached hydrogen (secondary N) is 2. The van der Waals surface area contributed by atoms with Gasteiger partial charge in [-0.2, -0.15) is 0 Å². The summed E-state index contributed by atoms with van der Waals surface area (Å²) in [7, 11) is -3.58. The molecule has 0 fully saturated rings. The summed E-state index contributed by atoms with van der Waals surface area (Å²) in [5.41, 5.74) is 0. The Hall–Kier alpha value is -2.38. The Morgan fingerprint density at radius 3 is 2.64 bits per heavy atom. The van der Waals surface area contributed by atoms with Crippen LogP contribution in [0.4, 0.5) is 0 Å². The first-order valence-electron chi connectivity index (χ1n) is 8.10. The minimum absolute atomic E-state index is 0.0355. The zero-order valence-corrected chi connectivity index (χ0v) is 14.9. The molecule has 0 saturated heterocycles. The number of benzene rings is 1. The Balaban J connectivity index is 1.88. The number of hydrogen-bond donors (Lipinski definition) is 2. The molecule has 7 heteroatoms. The van der Waals surface area contributed by atoms with Crippen molar-refractivity contribution in [3.63, 3.8) is 0 Å². The van der Waals surface area contributed by atoms with E-state index in [4.69, 9.17) is 4.42 Å². The first-order chi connectivity index (χ1) is 12.0. The van der Waals surface area contributed by atoms with Crippen LogP contribution >= 0.6 is 0 Å². The van der Waals surface area contributed by atoms with Crippen molar-refractivity contribution in [1.82, 2.24) is 10.0 Å². The highest BCUT2D eigenvalue weighted by Crippen LogP contribution is 2.12. The fraction of sp³-hybridized carbons (Fsp3) is 0.278. The van der Waals surface area contributed by atoms with E-state index in [2.05, 4.69) is 17.0 Å². The van der Waals surface area contributed by atoms with Crippen LogP contribution in [0.25, 0.3) is 6.08 Å². The van der Waals surface area contributed by atoms with Crippen LogP contribution in [0.3, 0.4) is 0 Å². The highest BCUT2D eigenvalue weighted by molar-refractivity contribution is 7.89. The molecule has 2 rings (SSSR count). The number of unbranched alkanes of at least 4 members (excludes halogenated alkanes) is 1. The van der Waals surface area contributed by atoms with E-state index < -0.39 is 10.0 Å². The van der Waals surface area contributed by atoms with Crippen LogP contribution in [0.2, 0.25) is 0 Å². The summed E-state index contributed by atoms with van der Waals surface area (Å²) in [6.45, 7) is 2.73. The molecule has 0 spiro atoms. The fourth-order valence-electron chi connectivity index (χ4n) is 2.03. The van der Waals surface area contributed by atoms with Gasteiger partial charge in [-0.05, 0) is 36.8 Å². The normalized spacial score (nSPS) is 11.7. The average molecular weight is 362 g/mol. The van der Waals surface area contributed by atoms with Gasteiger partial charge in [-0.25, -0.2) is 13.1 Å². The lowest BCUT2D eigenvalue weighted by molar-refractivity contribution is -0.116. The molecule has 1 heterocycles. The molecule has 0 radical (unpaired) electrons. The van der Waals surface area contributed by atoms with Gasteiger partial charge in [-0.1, -0.05) is 31.5 Å². The van der Waals surface area contributed by atoms with Crippen molar-refractivity contribution < 1.29 is 17.6 Å². The maximum atomic E-state index is 12.1. The molecule has 1 amide bonds. The highest BCUT2D eigenvalue weighted by Gasteiger charge is 2.13. The van der Waals surface area contributed by atoms with Crippen LogP contribution in [-0.4, -0.2) is 20.9 Å². The van der Waals surface area contributed by atoms with Gasteiger partial charge in [0.05, 0.1) is 11.4 Å². The van der Waals surface area contributed by atoms with Crippen LogP contribution in [0, 0.1) is 0 Å². The van der Waals surface area contributed by atoms with E-state index in [-0.39, 0.29) is 17.3 Å². The maximum Gasteiger partial charge on any atom is 0.244 e. The minimum Gasteiger partial charge on any atom is -0.460 e. The second-order valence-electron chi connectivity index (χ2n) is 5.42. The molecule has 25 heavy (non-hydrogen) atoms. The van der Waals surface area contributed by atoms with Gasteiger partial charge in [0.15, 0.2) is 0 Å². The summed E-state index contributed by atoms with van der Waals surface area (Å²) in [6.07, 6.45) is 4.90. The van der Waals surface area contributed by atoms with Crippen molar-refractivity contribution in [3.8, 4) is 0 Å². The molecule has 0 aliphatic carbocycles. The lowest BCUT2D eigenvalue weighted by Gasteiger charge is -2.04. The van der Waals surface area contributed by atoms with Crippen molar-refractivity contribution in [2.75, 3.05) is 6.54 Å². The molecule has 0 bridgehead atoms. The molecule has 0 aliphatic heterocycles. The molecule has 1 aromatic carbocycles. The molecule has 1 aromatic heterocycles. The second-order valence-corrected chi connectivity index (χ2v) is 7.19. The molecule has 0 unspecified atom stereocenters. The minimum atomic E-state index is -3.58. The molecular formula is C18H22N2O4S. The summed E-state index contributed by atoms with van der Waals surface area (Å²) in [6, 6.07) is 11.5. The molecule has 0 saturated carbocycles. The largest absolute Gasteiger partial charge is 0.460 e. The van der Waals surface area contributed by atoms with Gasteiger partial charge in [0.2, 0.25) is 15.9 Å². The van der Waals surface area contributed by atoms with Crippen LogP contribution in [0.15, 0.2) is 57.9 Å². The van der Waals surface area contributed by atoms with E-state index in [0.29, 0.717) is 18.1 Å². The third kappa shape index (κ3) is 6.21. The summed E-state index contributed by atoms with van der Waals surface area (Å²) in [5, 5.41) is 2.76. The number of rotatable bonds is 9. The molecule has 0 atom stereocenters. The average Bonchev–Trinajstić information content (AvgIpc) is 3.07. The summed E-state index contributed by atoms with van der Waals surface area (Å²) in [5.74, 6) is 0.765. The molecule has 2 N–H and O–H groups in total. The maximum absolute atomic E-state index is 12.1. The monoisotopic (exact) mass is 362 g/mol. The zero-order valence-electron chi connectivity index (χ0n) is 14.1. The topological polar surface area (TPSA) is 88.4 Å². The predicted molar refractivity (Wildman–Crippen MR) is 96.1 cm³/mol. The lowest BCUT2D eigenvalue weighted by atomic mass is 10.3. The standard InChI is InChI=1S/C18H22N2O4S/c1-2-3-13-19-18(21)12-11-15-9-10-16(24-15)14-20-25(22,23)17-7-5-4-6-8-17/h4-12,20H,2-3,13-14H2,1H3,(H,19,21)/b12-11+. The van der Waals surface area contributed by atoms with Gasteiger partial charge < -0.3 is 9.73 Å². The molecule has 6 nitrogen and oxygen atoms in total. The van der Waals surface area contributed by atoms with Crippen LogP contribution < -0.4 is 10.0 Å². The van der Waals surface area contributed by atoms with Gasteiger partial charge in [0.25, 0.3) is 0 Å². The van der Waals surface area contributed by atoms with Crippen molar-refractivity contribution in [2.24, 2.45) is 0 Å². The molecular weight excluding hydrogens is 340 g/mol. The summed E-state index contributed by atoms with van der Waals surface area (Å²) >= 11 is 0. The van der Waals surface area contributed by atoms with E-state index in [1.54, 1.807) is 36.4 Å². The first-order valence-corrected chi connectivity index (χ1v) is 9.59. The fourth-order valence-corrected chi connectivity index (χ4v) is 3.05. The molecule has 2 aromatic rings. The highest BCUT2D eigenvalue weighted by atomic mass is 32.2. The van der Waals surface area contributed by atoms with E-state index in [9.17, 15) is 13.2 Å². The number of furan rings is 1. The zero-order chi connectivity index (χ0) is 18.1. The Morgan fingerprint density at radius 2 is 1.92 bits per heavy atom. The summed E-state index contributed by atoms with van der Waals surface area (Å²) < 4.78 is 32.2. The Kier molecular flexibility index (Phi) is 6.97. The summed E-state index contributed by atoms with van der Waals surface area (Å²) in [4.78, 5) is 11.8. The van der Waals surface area contributed by atoms with Crippen molar-refractivity contribution >= 4 is 22.0 Å². The van der Waals surface area contributed by atoms with Crippen LogP contribution in [0.1, 0.15) is 31.3 Å². The van der Waals surface area contributed by atoms with Crippen LogP contribution in [0.5, 0.6) is 0 Å². The number of hydrogen-bond acceptors (Lipinski definition) is 4. The van der Waals surface area contributed by atoms with Gasteiger partial charge in [0, 0.05) is 12.6 Å². The molecule has 0 aliphatic rings. The van der Waals surface area contributed by atoms with E-state index in [1.807, 2.05) is 0 Å². The Bertz CT molecular complexity index is 811. The van der Waals surface area contributed by atoms with Crippen molar-refractivity contribution in [3.05, 3.63) is 60.1 Å². The smallest absolute Gasteiger partial charge is 0.244 e. The Morgan fingerprint density at radius 1 is 1.16 bits per heavy atom. The third-order valence-corrected chi connectivity index (χ3v) is 4.82. The van der Waals surface area contributed by atoms with E-state index in [1.165, 1.54) is 18.2 Å². The number of sulfonamides is 1. The second kappa shape index (κ2) is 9.19. The van der Waals surface area contributed by atoms with Gasteiger partial charge in [-0.15, -0.1) is 0 Å². The SMILES string of the molecule is CCCCNC(=O)/C=C/c1ccc(CNS(=O)(=O)c2ccccc2)o1. The van der Waals surface area contributed by atoms with Gasteiger partial charge in [0.1, 0.15) is 11.5 Å². The van der Waals surface area contributed by atoms with Crippen LogP contribution in [-0.2, 0) is 21.4 Å². The number of carbonyl (C=O) groups is 1. The van der Waals surface area contributed by atoms with E-state index in [0.717, 1.165) is 12.8 Å². The predicted octanol–water partition coefficient (Wildman–Crippen LogP) is 2.69.